The van der Waals surface area contributed by atoms with E-state index in [2.05, 4.69) is 229 Å². The highest BCUT2D eigenvalue weighted by atomic mass is 15.1. The second-order valence-corrected chi connectivity index (χ2v) is 14.9. The molecule has 0 amide bonds. The van der Waals surface area contributed by atoms with Crippen LogP contribution in [-0.4, -0.2) is 0 Å². The van der Waals surface area contributed by atoms with Gasteiger partial charge in [-0.05, 0) is 118 Å². The Hall–Kier alpha value is -7.48. The summed E-state index contributed by atoms with van der Waals surface area (Å²) < 4.78 is 0. The third-order valence-electron chi connectivity index (χ3n) is 11.6. The molecular formula is C56H37N. The van der Waals surface area contributed by atoms with Crippen LogP contribution in [0.25, 0.3) is 87.2 Å². The molecule has 266 valence electrons. The standard InChI is InChI=1S/C56H37N/c1-2-14-38(15-3-1)39-28-32-43(33-29-39)57(44-34-30-42(31-35-44)46-26-12-18-40-16-4-6-20-45(40)46)56-37-54-52-25-11-9-23-50(52)49-22-8-10-24-51(49)53(54)36-55(56)48-27-13-19-41-17-5-7-21-47(41)48/h1-37H. The van der Waals surface area contributed by atoms with Crippen LogP contribution in [0.15, 0.2) is 224 Å². The Labute approximate surface area is 332 Å². The van der Waals surface area contributed by atoms with Gasteiger partial charge in [-0.3, -0.25) is 0 Å². The Kier molecular flexibility index (Phi) is 7.89. The second kappa shape index (κ2) is 13.7. The molecule has 0 N–H and O–H groups in total. The normalized spacial score (nSPS) is 11.5. The Balaban J connectivity index is 1.21. The topological polar surface area (TPSA) is 3.24 Å². The molecule has 0 unspecified atom stereocenters. The molecule has 0 aliphatic heterocycles. The van der Waals surface area contributed by atoms with Crippen molar-refractivity contribution in [1.29, 1.82) is 0 Å². The molecule has 0 bridgehead atoms. The quantitative estimate of drug-likeness (QED) is 0.154. The van der Waals surface area contributed by atoms with E-state index >= 15 is 0 Å². The Morgan fingerprint density at radius 2 is 0.632 bits per heavy atom. The van der Waals surface area contributed by atoms with Gasteiger partial charge in [0, 0.05) is 16.9 Å². The maximum absolute atomic E-state index is 2.46. The Bertz CT molecular complexity index is 3260. The molecule has 0 fully saturated rings. The first-order valence-corrected chi connectivity index (χ1v) is 19.7. The maximum atomic E-state index is 2.46. The summed E-state index contributed by atoms with van der Waals surface area (Å²) in [6.07, 6.45) is 0. The van der Waals surface area contributed by atoms with Crippen molar-refractivity contribution in [3.63, 3.8) is 0 Å². The molecule has 0 heterocycles. The van der Waals surface area contributed by atoms with Crippen LogP contribution in [0.2, 0.25) is 0 Å². The lowest BCUT2D eigenvalue weighted by molar-refractivity contribution is 1.29. The van der Waals surface area contributed by atoms with E-state index in [0.29, 0.717) is 0 Å². The highest BCUT2D eigenvalue weighted by Gasteiger charge is 2.22. The maximum Gasteiger partial charge on any atom is 0.0546 e. The minimum atomic E-state index is 1.09. The first-order chi connectivity index (χ1) is 28.3. The Morgan fingerprint density at radius 1 is 0.228 bits per heavy atom. The zero-order chi connectivity index (χ0) is 37.7. The zero-order valence-corrected chi connectivity index (χ0v) is 31.3. The number of rotatable bonds is 6. The summed E-state index contributed by atoms with van der Waals surface area (Å²) in [4.78, 5) is 2.46. The molecule has 11 aromatic rings. The fourth-order valence-corrected chi connectivity index (χ4v) is 8.93. The molecule has 0 aromatic heterocycles. The molecule has 0 saturated heterocycles. The zero-order valence-electron chi connectivity index (χ0n) is 31.3. The summed E-state index contributed by atoms with van der Waals surface area (Å²) >= 11 is 0. The van der Waals surface area contributed by atoms with Crippen molar-refractivity contribution in [2.75, 3.05) is 4.90 Å². The molecule has 1 nitrogen and oxygen atoms in total. The molecule has 11 rings (SSSR count). The summed E-state index contributed by atoms with van der Waals surface area (Å²) in [6.45, 7) is 0. The van der Waals surface area contributed by atoms with E-state index in [1.54, 1.807) is 0 Å². The highest BCUT2D eigenvalue weighted by molar-refractivity contribution is 6.27. The van der Waals surface area contributed by atoms with Gasteiger partial charge in [0.15, 0.2) is 0 Å². The summed E-state index contributed by atoms with van der Waals surface area (Å²) in [6, 6.07) is 82.2. The van der Waals surface area contributed by atoms with E-state index in [9.17, 15) is 0 Å². The summed E-state index contributed by atoms with van der Waals surface area (Å²) in [5, 5.41) is 12.5. The molecule has 0 radical (unpaired) electrons. The lowest BCUT2D eigenvalue weighted by Crippen LogP contribution is -2.11. The number of hydrogen-bond donors (Lipinski definition) is 0. The van der Waals surface area contributed by atoms with Crippen LogP contribution in [0.4, 0.5) is 17.1 Å². The van der Waals surface area contributed by atoms with Gasteiger partial charge in [-0.1, -0.05) is 188 Å². The van der Waals surface area contributed by atoms with Crippen LogP contribution in [0.5, 0.6) is 0 Å². The van der Waals surface area contributed by atoms with Crippen LogP contribution in [-0.2, 0) is 0 Å². The minimum Gasteiger partial charge on any atom is -0.310 e. The monoisotopic (exact) mass is 723 g/mol. The van der Waals surface area contributed by atoms with Gasteiger partial charge in [0.2, 0.25) is 0 Å². The fraction of sp³-hybridized carbons (Fsp3) is 0. The van der Waals surface area contributed by atoms with Crippen LogP contribution in [0.1, 0.15) is 0 Å². The summed E-state index contributed by atoms with van der Waals surface area (Å²) in [5.41, 5.74) is 10.5. The smallest absolute Gasteiger partial charge is 0.0546 e. The van der Waals surface area contributed by atoms with Gasteiger partial charge in [-0.2, -0.15) is 0 Å². The molecule has 0 aliphatic rings. The van der Waals surface area contributed by atoms with E-state index in [-0.39, 0.29) is 0 Å². The summed E-state index contributed by atoms with van der Waals surface area (Å²) in [7, 11) is 0. The third kappa shape index (κ3) is 5.63. The largest absolute Gasteiger partial charge is 0.310 e. The van der Waals surface area contributed by atoms with E-state index in [1.807, 2.05) is 0 Å². The van der Waals surface area contributed by atoms with Gasteiger partial charge in [0.25, 0.3) is 0 Å². The molecule has 57 heavy (non-hydrogen) atoms. The van der Waals surface area contributed by atoms with E-state index < -0.39 is 0 Å². The minimum absolute atomic E-state index is 1.09. The third-order valence-corrected chi connectivity index (χ3v) is 11.6. The molecular weight excluding hydrogens is 687 g/mol. The van der Waals surface area contributed by atoms with E-state index in [4.69, 9.17) is 0 Å². The number of benzene rings is 11. The number of fused-ring (bicyclic) bond motifs is 8. The van der Waals surface area contributed by atoms with Gasteiger partial charge in [0.1, 0.15) is 0 Å². The van der Waals surface area contributed by atoms with Crippen LogP contribution in [0.3, 0.4) is 0 Å². The van der Waals surface area contributed by atoms with Crippen LogP contribution in [0, 0.1) is 0 Å². The predicted octanol–water partition coefficient (Wildman–Crippen LogP) is 15.9. The first kappa shape index (κ1) is 32.9. The number of anilines is 3. The molecule has 1 heteroatoms. The van der Waals surface area contributed by atoms with Crippen molar-refractivity contribution >= 4 is 70.9 Å². The molecule has 0 atom stereocenters. The van der Waals surface area contributed by atoms with Crippen molar-refractivity contribution < 1.29 is 0 Å². The number of nitrogens with zero attached hydrogens (tertiary/aromatic N) is 1. The van der Waals surface area contributed by atoms with Crippen molar-refractivity contribution in [3.05, 3.63) is 224 Å². The second-order valence-electron chi connectivity index (χ2n) is 14.9. The molecule has 11 aromatic carbocycles. The number of hydrogen-bond acceptors (Lipinski definition) is 1. The SMILES string of the molecule is c1ccc(-c2ccc(N(c3ccc(-c4cccc5ccccc45)cc3)c3cc4c5ccccc5c5ccccc5c4cc3-c3cccc4ccccc34)cc2)cc1. The lowest BCUT2D eigenvalue weighted by Gasteiger charge is -2.29. The molecule has 0 saturated carbocycles. The van der Waals surface area contributed by atoms with Crippen molar-refractivity contribution in [2.45, 2.75) is 0 Å². The van der Waals surface area contributed by atoms with Crippen LogP contribution >= 0.6 is 0 Å². The van der Waals surface area contributed by atoms with Crippen molar-refractivity contribution in [1.82, 2.24) is 0 Å². The molecule has 0 spiro atoms. The first-order valence-electron chi connectivity index (χ1n) is 19.7. The van der Waals surface area contributed by atoms with E-state index in [1.165, 1.54) is 87.2 Å². The van der Waals surface area contributed by atoms with Gasteiger partial charge in [0.05, 0.1) is 5.69 Å². The van der Waals surface area contributed by atoms with Gasteiger partial charge >= 0.3 is 0 Å². The predicted molar refractivity (Wildman–Crippen MR) is 245 cm³/mol. The fourth-order valence-electron chi connectivity index (χ4n) is 8.93. The summed E-state index contributed by atoms with van der Waals surface area (Å²) in [5.74, 6) is 0. The van der Waals surface area contributed by atoms with Crippen molar-refractivity contribution in [3.8, 4) is 33.4 Å². The van der Waals surface area contributed by atoms with Gasteiger partial charge in [-0.15, -0.1) is 0 Å². The molecule has 0 aliphatic carbocycles. The highest BCUT2D eigenvalue weighted by Crippen LogP contribution is 2.48. The average molecular weight is 724 g/mol. The Morgan fingerprint density at radius 3 is 1.21 bits per heavy atom. The van der Waals surface area contributed by atoms with Crippen molar-refractivity contribution in [2.24, 2.45) is 0 Å². The van der Waals surface area contributed by atoms with Gasteiger partial charge in [-0.25, -0.2) is 0 Å². The van der Waals surface area contributed by atoms with Gasteiger partial charge < -0.3 is 4.90 Å². The van der Waals surface area contributed by atoms with Crippen LogP contribution < -0.4 is 4.90 Å². The lowest BCUT2D eigenvalue weighted by atomic mass is 9.89. The average Bonchev–Trinajstić information content (AvgIpc) is 3.29. The van der Waals surface area contributed by atoms with E-state index in [0.717, 1.165) is 17.1 Å².